The van der Waals surface area contributed by atoms with Gasteiger partial charge in [-0.25, -0.2) is 18.6 Å². The van der Waals surface area contributed by atoms with Crippen LogP contribution in [0.3, 0.4) is 0 Å². The van der Waals surface area contributed by atoms with Crippen molar-refractivity contribution in [3.8, 4) is 0 Å². The third-order valence-corrected chi connectivity index (χ3v) is 5.86. The van der Waals surface area contributed by atoms with Crippen LogP contribution in [0.25, 0.3) is 0 Å². The van der Waals surface area contributed by atoms with E-state index < -0.39 is 12.5 Å². The van der Waals surface area contributed by atoms with E-state index in [9.17, 15) is 22.8 Å². The first-order valence-corrected chi connectivity index (χ1v) is 11.2. The van der Waals surface area contributed by atoms with Gasteiger partial charge in [-0.15, -0.1) is 0 Å². The number of halogens is 4. The number of ketones is 1. The van der Waals surface area contributed by atoms with Gasteiger partial charge >= 0.3 is 6.03 Å². The number of nitrogens with zero attached hydrogens (tertiary/aromatic N) is 4. The molecule has 0 saturated heterocycles. The molecule has 0 N–H and O–H groups in total. The van der Waals surface area contributed by atoms with Crippen LogP contribution < -0.4 is 4.90 Å². The van der Waals surface area contributed by atoms with Crippen molar-refractivity contribution in [2.75, 3.05) is 25.7 Å². The average Bonchev–Trinajstić information content (AvgIpc) is 2.88. The van der Waals surface area contributed by atoms with Crippen LogP contribution in [-0.4, -0.2) is 48.8 Å². The van der Waals surface area contributed by atoms with Gasteiger partial charge in [0.15, 0.2) is 5.78 Å². The van der Waals surface area contributed by atoms with E-state index in [2.05, 4.69) is 10.1 Å². The van der Waals surface area contributed by atoms with Gasteiger partial charge in [-0.2, -0.15) is 5.10 Å². The number of hydrazone groups is 1. The zero-order valence-corrected chi connectivity index (χ0v) is 19.9. The molecule has 0 bridgehead atoms. The number of Topliss-reactive ketones (excluding diaryl/α,β-unsaturated/α-hetero) is 1. The van der Waals surface area contributed by atoms with Crippen LogP contribution in [0.4, 0.5) is 23.7 Å². The van der Waals surface area contributed by atoms with E-state index in [1.807, 2.05) is 0 Å². The van der Waals surface area contributed by atoms with Crippen molar-refractivity contribution in [1.29, 1.82) is 0 Å². The highest BCUT2D eigenvalue weighted by Gasteiger charge is 2.27. The number of carbonyl (C=O) groups excluding carboxylic acids is 2. The summed E-state index contributed by atoms with van der Waals surface area (Å²) in [7, 11) is 2.01. The molecule has 0 radical (unpaired) electrons. The monoisotopic (exact) mass is 496 g/mol. The number of aromatic nitrogens is 1. The van der Waals surface area contributed by atoms with Gasteiger partial charge in [-0.3, -0.25) is 19.1 Å². The SMILES string of the molecule is CF.CN(C(=O)N(CC(=O)C1CCCCC1)/N=C/c1ccncc1Cl)c1ccc(C(F)F)cc1. The molecule has 184 valence electrons. The molecule has 1 heterocycles. The van der Waals surface area contributed by atoms with Crippen LogP contribution in [0, 0.1) is 5.92 Å². The first kappa shape index (κ1) is 27.3. The molecular weight excluding hydrogens is 469 g/mol. The highest BCUT2D eigenvalue weighted by molar-refractivity contribution is 6.32. The van der Waals surface area contributed by atoms with Crippen molar-refractivity contribution < 1.29 is 22.8 Å². The number of amides is 2. The molecule has 2 amide bonds. The Bertz CT molecular complexity index is 967. The minimum atomic E-state index is -2.59. The Labute approximate surface area is 202 Å². The fourth-order valence-corrected chi connectivity index (χ4v) is 3.78. The number of alkyl halides is 3. The zero-order valence-electron chi connectivity index (χ0n) is 19.1. The second-order valence-electron chi connectivity index (χ2n) is 7.73. The lowest BCUT2D eigenvalue weighted by molar-refractivity contribution is -0.124. The van der Waals surface area contributed by atoms with E-state index >= 15 is 0 Å². The normalized spacial score (nSPS) is 14.0. The predicted molar refractivity (Wildman–Crippen MR) is 127 cm³/mol. The van der Waals surface area contributed by atoms with Crippen molar-refractivity contribution in [3.63, 3.8) is 0 Å². The fourth-order valence-electron chi connectivity index (χ4n) is 3.61. The second-order valence-corrected chi connectivity index (χ2v) is 8.14. The summed E-state index contributed by atoms with van der Waals surface area (Å²) in [6.07, 6.45) is 6.54. The Morgan fingerprint density at radius 1 is 1.15 bits per heavy atom. The molecule has 0 atom stereocenters. The van der Waals surface area contributed by atoms with Crippen LogP contribution in [0.1, 0.15) is 49.7 Å². The highest BCUT2D eigenvalue weighted by atomic mass is 35.5. The van der Waals surface area contributed by atoms with Crippen molar-refractivity contribution in [2.45, 2.75) is 38.5 Å². The molecule has 1 aliphatic carbocycles. The molecule has 10 heteroatoms. The summed E-state index contributed by atoms with van der Waals surface area (Å²) in [4.78, 5) is 31.2. The van der Waals surface area contributed by atoms with Crippen molar-refractivity contribution in [1.82, 2.24) is 9.99 Å². The maximum atomic E-state index is 13.2. The molecule has 1 saturated carbocycles. The fraction of sp³-hybridized carbons (Fsp3) is 0.417. The highest BCUT2D eigenvalue weighted by Crippen LogP contribution is 2.26. The van der Waals surface area contributed by atoms with Gasteiger partial charge in [0.2, 0.25) is 0 Å². The summed E-state index contributed by atoms with van der Waals surface area (Å²) >= 11 is 6.12. The number of anilines is 1. The minimum Gasteiger partial charge on any atom is -0.297 e. The Morgan fingerprint density at radius 3 is 2.38 bits per heavy atom. The maximum Gasteiger partial charge on any atom is 0.345 e. The van der Waals surface area contributed by atoms with Crippen LogP contribution in [0.5, 0.6) is 0 Å². The summed E-state index contributed by atoms with van der Waals surface area (Å²) < 4.78 is 35.2. The molecule has 6 nitrogen and oxygen atoms in total. The van der Waals surface area contributed by atoms with Crippen LogP contribution in [-0.2, 0) is 4.79 Å². The predicted octanol–water partition coefficient (Wildman–Crippen LogP) is 6.30. The molecule has 1 aromatic heterocycles. The maximum absolute atomic E-state index is 13.2. The number of pyridine rings is 1. The van der Waals surface area contributed by atoms with Crippen LogP contribution >= 0.6 is 11.6 Å². The Morgan fingerprint density at radius 2 is 1.79 bits per heavy atom. The van der Waals surface area contributed by atoms with Crippen molar-refractivity contribution >= 4 is 35.3 Å². The van der Waals surface area contributed by atoms with E-state index in [1.165, 1.54) is 48.6 Å². The molecule has 0 unspecified atom stereocenters. The minimum absolute atomic E-state index is 0.0440. The van der Waals surface area contributed by atoms with E-state index in [0.29, 0.717) is 23.5 Å². The third-order valence-electron chi connectivity index (χ3n) is 5.55. The summed E-state index contributed by atoms with van der Waals surface area (Å²) in [6.45, 7) is -0.178. The average molecular weight is 497 g/mol. The quantitative estimate of drug-likeness (QED) is 0.333. The third kappa shape index (κ3) is 7.55. The lowest BCUT2D eigenvalue weighted by Gasteiger charge is -2.27. The number of rotatable bonds is 7. The molecule has 3 rings (SSSR count). The molecule has 0 aliphatic heterocycles. The van der Waals surface area contributed by atoms with Gasteiger partial charge in [0.05, 0.1) is 18.4 Å². The first-order valence-electron chi connectivity index (χ1n) is 10.8. The largest absolute Gasteiger partial charge is 0.345 e. The number of hydrogen-bond acceptors (Lipinski definition) is 4. The Kier molecular flexibility index (Phi) is 11.0. The molecule has 1 fully saturated rings. The van der Waals surface area contributed by atoms with E-state index in [-0.39, 0.29) is 23.8 Å². The molecule has 1 aliphatic rings. The summed E-state index contributed by atoms with van der Waals surface area (Å²) in [5.74, 6) is -0.133. The first-order chi connectivity index (χ1) is 16.4. The molecule has 0 spiro atoms. The molecule has 1 aromatic carbocycles. The smallest absolute Gasteiger partial charge is 0.297 e. The number of urea groups is 1. The Balaban J connectivity index is 0.00000199. The van der Waals surface area contributed by atoms with E-state index in [4.69, 9.17) is 11.6 Å². The van der Waals surface area contributed by atoms with Crippen LogP contribution in [0.15, 0.2) is 47.8 Å². The van der Waals surface area contributed by atoms with Gasteiger partial charge in [0, 0.05) is 42.2 Å². The van der Waals surface area contributed by atoms with Crippen molar-refractivity contribution in [3.05, 3.63) is 58.9 Å². The summed E-state index contributed by atoms with van der Waals surface area (Å²) in [5, 5.41) is 5.70. The summed E-state index contributed by atoms with van der Waals surface area (Å²) in [6, 6.07) is 6.49. The van der Waals surface area contributed by atoms with Gasteiger partial charge in [0.1, 0.15) is 6.54 Å². The van der Waals surface area contributed by atoms with Gasteiger partial charge in [0.25, 0.3) is 6.43 Å². The lowest BCUT2D eigenvalue weighted by atomic mass is 9.86. The van der Waals surface area contributed by atoms with Gasteiger partial charge in [-0.1, -0.05) is 43.0 Å². The standard InChI is InChI=1S/C23H25ClF2N4O2.CH3F/c1-29(19-9-7-17(8-10-19)22(25)26)23(32)30(15-21(31)16-5-3-2-4-6-16)28-13-18-11-12-27-14-20(18)24;1-2/h7-14,16,22H,2-6,15H2,1H3;1H3/b28-13+;. The van der Waals surface area contributed by atoms with Gasteiger partial charge < -0.3 is 0 Å². The number of benzene rings is 1. The molecule has 2 aromatic rings. The molecule has 34 heavy (non-hydrogen) atoms. The number of hydrogen-bond donors (Lipinski definition) is 0. The summed E-state index contributed by atoms with van der Waals surface area (Å²) in [5.41, 5.74) is 0.824. The number of carbonyl (C=O) groups is 2. The Hall–Kier alpha value is -2.94. The van der Waals surface area contributed by atoms with E-state index in [1.54, 1.807) is 12.3 Å². The second kappa shape index (κ2) is 13.7. The molecular formula is C24H28ClF3N4O2. The van der Waals surface area contributed by atoms with E-state index in [0.717, 1.165) is 37.1 Å². The van der Waals surface area contributed by atoms with Crippen molar-refractivity contribution in [2.24, 2.45) is 11.0 Å². The lowest BCUT2D eigenvalue weighted by Crippen LogP contribution is -2.42. The topological polar surface area (TPSA) is 65.9 Å². The van der Waals surface area contributed by atoms with Gasteiger partial charge in [-0.05, 0) is 31.0 Å². The zero-order chi connectivity index (χ0) is 25.1. The van der Waals surface area contributed by atoms with Crippen LogP contribution in [0.2, 0.25) is 5.02 Å².